The predicted molar refractivity (Wildman–Crippen MR) is 101 cm³/mol. The number of H-pyrrole nitrogens is 1. The molecule has 1 amide bonds. The molecule has 1 aromatic carbocycles. The molecule has 0 radical (unpaired) electrons. The first-order valence-electron chi connectivity index (χ1n) is 9.25. The van der Waals surface area contributed by atoms with Crippen molar-refractivity contribution in [1.29, 1.82) is 0 Å². The number of fused-ring (bicyclic) bond motifs is 2. The van der Waals surface area contributed by atoms with E-state index in [1.54, 1.807) is 0 Å². The van der Waals surface area contributed by atoms with Crippen LogP contribution in [-0.2, 0) is 6.42 Å². The van der Waals surface area contributed by atoms with Crippen molar-refractivity contribution >= 4 is 11.7 Å². The maximum atomic E-state index is 12.7. The van der Waals surface area contributed by atoms with Crippen molar-refractivity contribution < 1.29 is 19.1 Å². The first-order chi connectivity index (χ1) is 12.8. The highest BCUT2D eigenvalue weighted by atomic mass is 16.6. The number of aromatic nitrogens is 1. The monoisotopic (exact) mass is 368 g/mol. The zero-order valence-electron chi connectivity index (χ0n) is 15.8. The van der Waals surface area contributed by atoms with Crippen molar-refractivity contribution in [3.8, 4) is 11.5 Å². The predicted octanol–water partition coefficient (Wildman–Crippen LogP) is 3.05. The van der Waals surface area contributed by atoms with Crippen LogP contribution >= 0.6 is 0 Å². The van der Waals surface area contributed by atoms with E-state index in [-0.39, 0.29) is 23.2 Å². The van der Waals surface area contributed by atoms with E-state index in [0.717, 1.165) is 17.7 Å². The Hall–Kier alpha value is -2.76. The largest absolute Gasteiger partial charge is 0.486 e. The third kappa shape index (κ3) is 3.31. The highest BCUT2D eigenvalue weighted by Crippen LogP contribution is 2.36. The number of carbonyl (C=O) groups excluding carboxylic acids is 2. The number of carbonyl (C=O) groups is 2. The Morgan fingerprint density at radius 2 is 2.00 bits per heavy atom. The van der Waals surface area contributed by atoms with Gasteiger partial charge >= 0.3 is 0 Å². The molecule has 0 fully saturated rings. The second-order valence-corrected chi connectivity index (χ2v) is 8.13. The van der Waals surface area contributed by atoms with Gasteiger partial charge in [-0.15, -0.1) is 0 Å². The van der Waals surface area contributed by atoms with Gasteiger partial charge in [0.1, 0.15) is 18.4 Å². The standard InChI is InChI=1S/C21H24N2O4/c1-12-18-14(8-21(2,3)9-15(18)24)23-19(12)20(25)22-10-13-11-26-16-6-4-5-7-17(16)27-13/h4-7,13,23H,8-11H2,1-3H3,(H,22,25)/t13-/m0/s1. The fourth-order valence-electron chi connectivity index (χ4n) is 3.92. The molecule has 6 nitrogen and oxygen atoms in total. The van der Waals surface area contributed by atoms with Crippen molar-refractivity contribution in [2.24, 2.45) is 5.41 Å². The number of rotatable bonds is 3. The number of hydrogen-bond donors (Lipinski definition) is 2. The van der Waals surface area contributed by atoms with Crippen molar-refractivity contribution in [2.75, 3.05) is 13.2 Å². The maximum Gasteiger partial charge on any atom is 0.268 e. The van der Waals surface area contributed by atoms with Crippen LogP contribution < -0.4 is 14.8 Å². The van der Waals surface area contributed by atoms with Crippen LogP contribution in [0.1, 0.15) is 52.4 Å². The lowest BCUT2D eigenvalue weighted by molar-refractivity contribution is 0.0786. The van der Waals surface area contributed by atoms with Gasteiger partial charge in [0.05, 0.1) is 6.54 Å². The average Bonchev–Trinajstić information content (AvgIpc) is 2.94. The lowest BCUT2D eigenvalue weighted by Gasteiger charge is -2.28. The van der Waals surface area contributed by atoms with Gasteiger partial charge in [-0.2, -0.15) is 0 Å². The number of para-hydroxylation sites is 2. The molecule has 2 aliphatic rings. The Morgan fingerprint density at radius 3 is 2.78 bits per heavy atom. The van der Waals surface area contributed by atoms with Gasteiger partial charge in [0.25, 0.3) is 5.91 Å². The molecule has 0 saturated carbocycles. The number of ketones is 1. The van der Waals surface area contributed by atoms with Crippen molar-refractivity contribution in [3.05, 3.63) is 46.8 Å². The van der Waals surface area contributed by atoms with Crippen LogP contribution in [0, 0.1) is 12.3 Å². The highest BCUT2D eigenvalue weighted by molar-refractivity contribution is 6.04. The molecule has 1 atom stereocenters. The smallest absolute Gasteiger partial charge is 0.268 e. The molecule has 142 valence electrons. The second-order valence-electron chi connectivity index (χ2n) is 8.13. The van der Waals surface area contributed by atoms with Gasteiger partial charge in [-0.05, 0) is 36.5 Å². The fraction of sp³-hybridized carbons (Fsp3) is 0.429. The van der Waals surface area contributed by atoms with E-state index in [0.29, 0.717) is 42.3 Å². The average molecular weight is 368 g/mol. The van der Waals surface area contributed by atoms with Crippen LogP contribution in [0.4, 0.5) is 0 Å². The first kappa shape index (κ1) is 17.6. The number of amides is 1. The van der Waals surface area contributed by atoms with Gasteiger partial charge in [0.15, 0.2) is 17.3 Å². The van der Waals surface area contributed by atoms with Gasteiger partial charge in [-0.3, -0.25) is 9.59 Å². The summed E-state index contributed by atoms with van der Waals surface area (Å²) in [6.45, 7) is 6.68. The third-order valence-electron chi connectivity index (χ3n) is 5.19. The van der Waals surface area contributed by atoms with Crippen molar-refractivity contribution in [1.82, 2.24) is 10.3 Å². The van der Waals surface area contributed by atoms with Crippen LogP contribution in [-0.4, -0.2) is 35.9 Å². The summed E-state index contributed by atoms with van der Waals surface area (Å²) in [7, 11) is 0. The Labute approximate surface area is 158 Å². The fourth-order valence-corrected chi connectivity index (χ4v) is 3.92. The number of Topliss-reactive ketones (excluding diaryl/α,β-unsaturated/α-hetero) is 1. The molecular weight excluding hydrogens is 344 g/mol. The molecule has 2 N–H and O–H groups in total. The number of hydrogen-bond acceptors (Lipinski definition) is 4. The normalized spacial score (nSPS) is 20.1. The van der Waals surface area contributed by atoms with E-state index in [1.165, 1.54) is 0 Å². The number of ether oxygens (including phenoxy) is 2. The summed E-state index contributed by atoms with van der Waals surface area (Å²) >= 11 is 0. The summed E-state index contributed by atoms with van der Waals surface area (Å²) in [5.74, 6) is 1.28. The second kappa shape index (κ2) is 6.44. The molecule has 2 heterocycles. The summed E-state index contributed by atoms with van der Waals surface area (Å²) in [4.78, 5) is 28.4. The quantitative estimate of drug-likeness (QED) is 0.873. The maximum absolute atomic E-state index is 12.7. The van der Waals surface area contributed by atoms with Gasteiger partial charge in [-0.25, -0.2) is 0 Å². The molecule has 1 aliphatic heterocycles. The molecule has 1 aliphatic carbocycles. The van der Waals surface area contributed by atoms with Crippen molar-refractivity contribution in [2.45, 2.75) is 39.7 Å². The molecule has 0 spiro atoms. The van der Waals surface area contributed by atoms with E-state index in [4.69, 9.17) is 9.47 Å². The van der Waals surface area contributed by atoms with Gasteiger partial charge < -0.3 is 19.8 Å². The molecular formula is C21H24N2O4. The van der Waals surface area contributed by atoms with E-state index in [9.17, 15) is 9.59 Å². The zero-order chi connectivity index (χ0) is 19.2. The summed E-state index contributed by atoms with van der Waals surface area (Å²) < 4.78 is 11.5. The van der Waals surface area contributed by atoms with Gasteiger partial charge in [0.2, 0.25) is 0 Å². The minimum Gasteiger partial charge on any atom is -0.486 e. The SMILES string of the molecule is Cc1c(C(=O)NC[C@H]2COc3ccccc3O2)[nH]c2c1C(=O)CC(C)(C)C2. The summed E-state index contributed by atoms with van der Waals surface area (Å²) in [5, 5.41) is 2.90. The molecule has 1 aromatic heterocycles. The Kier molecular flexibility index (Phi) is 4.21. The molecule has 4 rings (SSSR count). The summed E-state index contributed by atoms with van der Waals surface area (Å²) in [5.41, 5.74) is 2.66. The summed E-state index contributed by atoms with van der Waals surface area (Å²) in [6.07, 6.45) is 1.01. The number of benzene rings is 1. The molecule has 0 bridgehead atoms. The number of nitrogens with one attached hydrogen (secondary N) is 2. The Morgan fingerprint density at radius 1 is 1.26 bits per heavy atom. The molecule has 0 saturated heterocycles. The van der Waals surface area contributed by atoms with Crippen LogP contribution in [0.25, 0.3) is 0 Å². The molecule has 6 heteroatoms. The molecule has 2 aromatic rings. The molecule has 0 unspecified atom stereocenters. The lowest BCUT2D eigenvalue weighted by atomic mass is 9.75. The van der Waals surface area contributed by atoms with Gasteiger partial charge in [-0.1, -0.05) is 26.0 Å². The minimum atomic E-state index is -0.255. The lowest BCUT2D eigenvalue weighted by Crippen LogP contribution is -2.41. The van der Waals surface area contributed by atoms with Crippen LogP contribution in [0.3, 0.4) is 0 Å². The summed E-state index contributed by atoms with van der Waals surface area (Å²) in [6, 6.07) is 7.48. The van der Waals surface area contributed by atoms with E-state index >= 15 is 0 Å². The first-order valence-corrected chi connectivity index (χ1v) is 9.25. The van der Waals surface area contributed by atoms with Gasteiger partial charge in [0, 0.05) is 17.7 Å². The van der Waals surface area contributed by atoms with E-state index in [2.05, 4.69) is 24.1 Å². The highest BCUT2D eigenvalue weighted by Gasteiger charge is 2.35. The number of aromatic amines is 1. The Balaban J connectivity index is 1.45. The topological polar surface area (TPSA) is 80.4 Å². The van der Waals surface area contributed by atoms with Crippen LogP contribution in [0.5, 0.6) is 11.5 Å². The third-order valence-corrected chi connectivity index (χ3v) is 5.19. The zero-order valence-corrected chi connectivity index (χ0v) is 15.8. The van der Waals surface area contributed by atoms with E-state index in [1.807, 2.05) is 31.2 Å². The Bertz CT molecular complexity index is 913. The van der Waals surface area contributed by atoms with Crippen molar-refractivity contribution in [3.63, 3.8) is 0 Å². The minimum absolute atomic E-state index is 0.0875. The van der Waals surface area contributed by atoms with Crippen LogP contribution in [0.15, 0.2) is 24.3 Å². The molecule has 27 heavy (non-hydrogen) atoms. The van der Waals surface area contributed by atoms with Crippen LogP contribution in [0.2, 0.25) is 0 Å². The van der Waals surface area contributed by atoms with E-state index < -0.39 is 0 Å².